The van der Waals surface area contributed by atoms with E-state index in [9.17, 15) is 13.2 Å². The van der Waals surface area contributed by atoms with Crippen LogP contribution in [0, 0.1) is 12.3 Å². The lowest BCUT2D eigenvalue weighted by atomic mass is 9.90. The van der Waals surface area contributed by atoms with Gasteiger partial charge in [-0.2, -0.15) is 0 Å². The van der Waals surface area contributed by atoms with Crippen LogP contribution >= 0.6 is 11.3 Å². The molecule has 8 heteroatoms. The van der Waals surface area contributed by atoms with Crippen LogP contribution in [0.25, 0.3) is 0 Å². The Kier molecular flexibility index (Phi) is 6.21. The summed E-state index contributed by atoms with van der Waals surface area (Å²) < 4.78 is 37.7. The summed E-state index contributed by atoms with van der Waals surface area (Å²) in [6.07, 6.45) is 5.49. The van der Waals surface area contributed by atoms with Crippen molar-refractivity contribution in [3.8, 4) is 23.8 Å². The Morgan fingerprint density at radius 3 is 2.66 bits per heavy atom. The lowest BCUT2D eigenvalue weighted by Crippen LogP contribution is -2.23. The van der Waals surface area contributed by atoms with Crippen LogP contribution in [0.4, 0.5) is 5.69 Å². The quantitative estimate of drug-likeness (QED) is 0.519. The van der Waals surface area contributed by atoms with Crippen molar-refractivity contribution in [2.75, 3.05) is 18.5 Å². The van der Waals surface area contributed by atoms with E-state index in [1.54, 1.807) is 41.8 Å². The molecule has 0 unspecified atom stereocenters. The fourth-order valence-electron chi connectivity index (χ4n) is 3.65. The highest BCUT2D eigenvalue weighted by atomic mass is 32.2. The number of nitrogens with one attached hydrogen (secondary N) is 1. The molecule has 1 N–H and O–H groups in total. The molecule has 1 atom stereocenters. The van der Waals surface area contributed by atoms with E-state index in [1.165, 1.54) is 11.3 Å². The molecule has 0 saturated carbocycles. The summed E-state index contributed by atoms with van der Waals surface area (Å²) in [5.74, 6) is 2.94. The van der Waals surface area contributed by atoms with Crippen molar-refractivity contribution in [3.05, 3.63) is 64.4 Å². The van der Waals surface area contributed by atoms with E-state index >= 15 is 0 Å². The first-order valence-electron chi connectivity index (χ1n) is 10.00. The smallest absolute Gasteiger partial charge is 0.225 e. The fourth-order valence-corrected chi connectivity index (χ4v) is 6.58. The van der Waals surface area contributed by atoms with Crippen molar-refractivity contribution in [1.82, 2.24) is 0 Å². The summed E-state index contributed by atoms with van der Waals surface area (Å²) >= 11 is 1.32. The van der Waals surface area contributed by atoms with Crippen molar-refractivity contribution in [2.24, 2.45) is 0 Å². The topological polar surface area (TPSA) is 81.7 Å². The predicted molar refractivity (Wildman–Crippen MR) is 123 cm³/mol. The molecule has 2 aromatic carbocycles. The van der Waals surface area contributed by atoms with E-state index in [2.05, 4.69) is 11.2 Å². The second-order valence-corrected chi connectivity index (χ2v) is 9.92. The van der Waals surface area contributed by atoms with Gasteiger partial charge in [0.2, 0.25) is 15.7 Å². The van der Waals surface area contributed by atoms with Crippen LogP contribution in [-0.4, -0.2) is 27.5 Å². The summed E-state index contributed by atoms with van der Waals surface area (Å²) in [6.45, 7) is 2.41. The van der Waals surface area contributed by atoms with Crippen LogP contribution in [0.1, 0.15) is 29.7 Å². The monoisotopic (exact) mass is 467 g/mol. The van der Waals surface area contributed by atoms with Crippen LogP contribution in [0.2, 0.25) is 0 Å². The minimum absolute atomic E-state index is 0.112. The van der Waals surface area contributed by atoms with Gasteiger partial charge in [-0.05, 0) is 36.8 Å². The summed E-state index contributed by atoms with van der Waals surface area (Å²) in [7, 11) is -3.77. The highest BCUT2D eigenvalue weighted by molar-refractivity contribution is 7.91. The van der Waals surface area contributed by atoms with Gasteiger partial charge in [0.25, 0.3) is 0 Å². The summed E-state index contributed by atoms with van der Waals surface area (Å²) in [6, 6.07) is 13.6. The number of thiophene rings is 1. The molecule has 1 aliphatic heterocycles. The molecule has 3 aromatic rings. The maximum absolute atomic E-state index is 13.2. The molecule has 164 valence electrons. The highest BCUT2D eigenvalue weighted by Crippen LogP contribution is 2.47. The van der Waals surface area contributed by atoms with E-state index in [0.29, 0.717) is 23.8 Å². The molecule has 1 aliphatic rings. The lowest BCUT2D eigenvalue weighted by Gasteiger charge is -2.24. The second-order valence-electron chi connectivity index (χ2n) is 7.09. The van der Waals surface area contributed by atoms with Gasteiger partial charge in [0.15, 0.2) is 11.5 Å². The fraction of sp³-hybridized carbons (Fsp3) is 0.208. The Morgan fingerprint density at radius 2 is 1.94 bits per heavy atom. The van der Waals surface area contributed by atoms with Crippen LogP contribution in [0.15, 0.2) is 63.7 Å². The maximum Gasteiger partial charge on any atom is 0.225 e. The standard InChI is InChI=1S/C24H21NO5S2/c1-3-12-30-19-11-10-16(13-20(19)29-4-2)18-14-22(26)25-23-21(15-31-24(18)23)32(27,28)17-8-6-5-7-9-17/h1,5-11,13,15,18H,4,12,14H2,2H3,(H,25,26)/t18-/m0/s1. The first-order chi connectivity index (χ1) is 15.5. The third-order valence-corrected chi connectivity index (χ3v) is 8.12. The van der Waals surface area contributed by atoms with E-state index in [1.807, 2.05) is 19.1 Å². The number of fused-ring (bicyclic) bond motifs is 1. The molecule has 0 bridgehead atoms. The van der Waals surface area contributed by atoms with E-state index in [4.69, 9.17) is 15.9 Å². The number of benzene rings is 2. The molecule has 6 nitrogen and oxygen atoms in total. The van der Waals surface area contributed by atoms with Crippen molar-refractivity contribution < 1.29 is 22.7 Å². The van der Waals surface area contributed by atoms with Gasteiger partial charge in [-0.1, -0.05) is 30.2 Å². The molecule has 0 aliphatic carbocycles. The normalized spacial score (nSPS) is 15.4. The third-order valence-electron chi connectivity index (χ3n) is 5.08. The molecule has 32 heavy (non-hydrogen) atoms. The number of terminal acetylenes is 1. The van der Waals surface area contributed by atoms with Gasteiger partial charge >= 0.3 is 0 Å². The second kappa shape index (κ2) is 9.07. The zero-order chi connectivity index (χ0) is 22.7. The Hall–Kier alpha value is -3.28. The number of hydrogen-bond donors (Lipinski definition) is 1. The predicted octanol–water partition coefficient (Wildman–Crippen LogP) is 4.47. The van der Waals surface area contributed by atoms with Crippen molar-refractivity contribution in [1.29, 1.82) is 0 Å². The number of rotatable bonds is 7. The number of sulfone groups is 1. The summed E-state index contributed by atoms with van der Waals surface area (Å²) in [4.78, 5) is 13.7. The van der Waals surface area contributed by atoms with E-state index in [0.717, 1.165) is 10.4 Å². The molecule has 1 amide bonds. The highest BCUT2D eigenvalue weighted by Gasteiger charge is 2.34. The van der Waals surface area contributed by atoms with Crippen LogP contribution in [0.5, 0.6) is 11.5 Å². The summed E-state index contributed by atoms with van der Waals surface area (Å²) in [5.41, 5.74) is 1.19. The van der Waals surface area contributed by atoms with Gasteiger partial charge in [-0.25, -0.2) is 8.42 Å². The maximum atomic E-state index is 13.2. The molecule has 2 heterocycles. The Bertz CT molecular complexity index is 1290. The molecule has 1 aromatic heterocycles. The number of hydrogen-bond acceptors (Lipinski definition) is 6. The Labute approximate surface area is 191 Å². The van der Waals surface area contributed by atoms with Gasteiger partial charge in [0, 0.05) is 22.6 Å². The molecule has 0 radical (unpaired) electrons. The molecule has 0 saturated heterocycles. The zero-order valence-corrected chi connectivity index (χ0v) is 19.0. The van der Waals surface area contributed by atoms with Crippen molar-refractivity contribution in [2.45, 2.75) is 29.1 Å². The first-order valence-corrected chi connectivity index (χ1v) is 12.4. The number of carbonyl (C=O) groups excluding carboxylic acids is 1. The molecular formula is C24H21NO5S2. The average molecular weight is 468 g/mol. The first kappa shape index (κ1) is 21.9. The SMILES string of the molecule is C#CCOc1ccc([C@@H]2CC(=O)Nc3c(S(=O)(=O)c4ccccc4)csc32)cc1OCC. The van der Waals surface area contributed by atoms with Crippen LogP contribution < -0.4 is 14.8 Å². The van der Waals surface area contributed by atoms with Crippen molar-refractivity contribution in [3.63, 3.8) is 0 Å². The zero-order valence-electron chi connectivity index (χ0n) is 17.3. The molecule has 0 fully saturated rings. The van der Waals surface area contributed by atoms with E-state index in [-0.39, 0.29) is 34.6 Å². The molecular weight excluding hydrogens is 446 g/mol. The average Bonchev–Trinajstić information content (AvgIpc) is 3.23. The number of anilines is 1. The lowest BCUT2D eigenvalue weighted by molar-refractivity contribution is -0.116. The van der Waals surface area contributed by atoms with Gasteiger partial charge in [0.1, 0.15) is 11.5 Å². The van der Waals surface area contributed by atoms with Gasteiger partial charge in [-0.3, -0.25) is 4.79 Å². The third kappa shape index (κ3) is 4.09. The Morgan fingerprint density at radius 1 is 1.16 bits per heavy atom. The number of carbonyl (C=O) groups is 1. The number of amides is 1. The van der Waals surface area contributed by atoms with Crippen LogP contribution in [-0.2, 0) is 14.6 Å². The van der Waals surface area contributed by atoms with Crippen LogP contribution in [0.3, 0.4) is 0 Å². The minimum Gasteiger partial charge on any atom is -0.490 e. The largest absolute Gasteiger partial charge is 0.490 e. The molecule has 0 spiro atoms. The van der Waals surface area contributed by atoms with Gasteiger partial charge in [0.05, 0.1) is 17.2 Å². The van der Waals surface area contributed by atoms with E-state index < -0.39 is 9.84 Å². The van der Waals surface area contributed by atoms with Gasteiger partial charge in [-0.15, -0.1) is 17.8 Å². The van der Waals surface area contributed by atoms with Crippen molar-refractivity contribution >= 4 is 32.8 Å². The summed E-state index contributed by atoms with van der Waals surface area (Å²) in [5, 5.41) is 4.37. The minimum atomic E-state index is -3.77. The number of ether oxygens (including phenoxy) is 2. The molecule has 4 rings (SSSR count). The van der Waals surface area contributed by atoms with Gasteiger partial charge < -0.3 is 14.8 Å². The Balaban J connectivity index is 1.76.